The first kappa shape index (κ1) is 18.0. The summed E-state index contributed by atoms with van der Waals surface area (Å²) in [5.74, 6) is 0.611. The molecule has 0 radical (unpaired) electrons. The molecule has 0 unspecified atom stereocenters. The number of amides is 1. The van der Waals surface area contributed by atoms with E-state index in [4.69, 9.17) is 9.47 Å². The molecule has 1 atom stereocenters. The highest BCUT2D eigenvalue weighted by Gasteiger charge is 2.17. The maximum Gasteiger partial charge on any atom is 0.261 e. The largest absolute Gasteiger partial charge is 0.481 e. The predicted molar refractivity (Wildman–Crippen MR) is 95.0 cm³/mol. The summed E-state index contributed by atoms with van der Waals surface area (Å²) in [6.07, 6.45) is 0.130. The standard InChI is InChI=1S/C20H25NO3/c1-3-19(24-18-11-7-8-16(2)14-18)20(22)21-12-13-23-15-17-9-5-4-6-10-17/h4-11,14,19H,3,12-13,15H2,1-2H3,(H,21,22)/t19-/m0/s1. The maximum absolute atomic E-state index is 12.2. The molecule has 0 aliphatic heterocycles. The number of carbonyl (C=O) groups is 1. The molecule has 0 aliphatic carbocycles. The van der Waals surface area contributed by atoms with E-state index in [-0.39, 0.29) is 5.91 Å². The lowest BCUT2D eigenvalue weighted by atomic mass is 10.2. The molecule has 24 heavy (non-hydrogen) atoms. The van der Waals surface area contributed by atoms with Crippen molar-refractivity contribution in [1.29, 1.82) is 0 Å². The summed E-state index contributed by atoms with van der Waals surface area (Å²) in [5, 5.41) is 2.87. The Morgan fingerprint density at radius 3 is 2.62 bits per heavy atom. The van der Waals surface area contributed by atoms with E-state index < -0.39 is 6.10 Å². The van der Waals surface area contributed by atoms with E-state index in [9.17, 15) is 4.79 Å². The van der Waals surface area contributed by atoms with Crippen LogP contribution in [0.25, 0.3) is 0 Å². The van der Waals surface area contributed by atoms with E-state index in [1.807, 2.05) is 68.4 Å². The van der Waals surface area contributed by atoms with Gasteiger partial charge in [-0.05, 0) is 36.6 Å². The first-order valence-corrected chi connectivity index (χ1v) is 8.31. The zero-order valence-corrected chi connectivity index (χ0v) is 14.3. The Kier molecular flexibility index (Phi) is 7.30. The first-order valence-electron chi connectivity index (χ1n) is 8.31. The predicted octanol–water partition coefficient (Wildman–Crippen LogP) is 3.49. The number of benzene rings is 2. The summed E-state index contributed by atoms with van der Waals surface area (Å²) in [6.45, 7) is 5.43. The van der Waals surface area contributed by atoms with Crippen LogP contribution in [0, 0.1) is 6.92 Å². The van der Waals surface area contributed by atoms with Crippen LogP contribution in [0.4, 0.5) is 0 Å². The molecule has 4 nitrogen and oxygen atoms in total. The van der Waals surface area contributed by atoms with Crippen LogP contribution in [0.5, 0.6) is 5.75 Å². The highest BCUT2D eigenvalue weighted by atomic mass is 16.5. The van der Waals surface area contributed by atoms with Crippen molar-refractivity contribution in [2.45, 2.75) is 33.0 Å². The number of rotatable bonds is 9. The van der Waals surface area contributed by atoms with Crippen molar-refractivity contribution in [3.8, 4) is 5.75 Å². The van der Waals surface area contributed by atoms with Gasteiger partial charge in [-0.3, -0.25) is 4.79 Å². The van der Waals surface area contributed by atoms with Gasteiger partial charge in [0, 0.05) is 6.54 Å². The second-order valence-electron chi connectivity index (χ2n) is 5.66. The van der Waals surface area contributed by atoms with Gasteiger partial charge in [0.15, 0.2) is 6.10 Å². The van der Waals surface area contributed by atoms with Gasteiger partial charge >= 0.3 is 0 Å². The van der Waals surface area contributed by atoms with Crippen molar-refractivity contribution >= 4 is 5.91 Å². The van der Waals surface area contributed by atoms with Gasteiger partial charge in [-0.15, -0.1) is 0 Å². The Hall–Kier alpha value is -2.33. The fourth-order valence-corrected chi connectivity index (χ4v) is 2.30. The molecule has 0 fully saturated rings. The first-order chi connectivity index (χ1) is 11.7. The van der Waals surface area contributed by atoms with E-state index in [1.165, 1.54) is 0 Å². The van der Waals surface area contributed by atoms with Crippen molar-refractivity contribution in [3.05, 3.63) is 65.7 Å². The molecule has 2 aromatic carbocycles. The smallest absolute Gasteiger partial charge is 0.261 e. The molecular formula is C20H25NO3. The van der Waals surface area contributed by atoms with E-state index >= 15 is 0 Å². The van der Waals surface area contributed by atoms with Crippen molar-refractivity contribution in [2.24, 2.45) is 0 Å². The van der Waals surface area contributed by atoms with Gasteiger partial charge in [-0.25, -0.2) is 0 Å². The van der Waals surface area contributed by atoms with Crippen molar-refractivity contribution in [1.82, 2.24) is 5.32 Å². The molecule has 2 aromatic rings. The molecule has 0 saturated carbocycles. The van der Waals surface area contributed by atoms with Crippen molar-refractivity contribution in [2.75, 3.05) is 13.2 Å². The highest BCUT2D eigenvalue weighted by molar-refractivity contribution is 5.81. The summed E-state index contributed by atoms with van der Waals surface area (Å²) in [4.78, 5) is 12.2. The fraction of sp³-hybridized carbons (Fsp3) is 0.350. The topological polar surface area (TPSA) is 47.6 Å². The fourth-order valence-electron chi connectivity index (χ4n) is 2.30. The Morgan fingerprint density at radius 2 is 1.92 bits per heavy atom. The van der Waals surface area contributed by atoms with Gasteiger partial charge in [0.05, 0.1) is 13.2 Å². The minimum atomic E-state index is -0.485. The molecule has 0 aliphatic rings. The summed E-state index contributed by atoms with van der Waals surface area (Å²) >= 11 is 0. The molecule has 0 bridgehead atoms. The molecule has 0 saturated heterocycles. The second kappa shape index (κ2) is 9.73. The van der Waals surface area contributed by atoms with Gasteiger partial charge < -0.3 is 14.8 Å². The molecule has 4 heteroatoms. The third-order valence-electron chi connectivity index (χ3n) is 3.59. The Balaban J connectivity index is 1.70. The summed E-state index contributed by atoms with van der Waals surface area (Å²) in [7, 11) is 0. The number of hydrogen-bond acceptors (Lipinski definition) is 3. The average Bonchev–Trinajstić information content (AvgIpc) is 2.60. The molecule has 1 amide bonds. The van der Waals surface area contributed by atoms with E-state index in [0.29, 0.717) is 26.2 Å². The van der Waals surface area contributed by atoms with Crippen molar-refractivity contribution in [3.63, 3.8) is 0 Å². The SMILES string of the molecule is CC[C@H](Oc1cccc(C)c1)C(=O)NCCOCc1ccccc1. The number of ether oxygens (including phenoxy) is 2. The zero-order valence-electron chi connectivity index (χ0n) is 14.3. The van der Waals surface area contributed by atoms with Gasteiger partial charge in [-0.1, -0.05) is 49.4 Å². The van der Waals surface area contributed by atoms with E-state index in [0.717, 1.165) is 16.9 Å². The van der Waals surface area contributed by atoms with Gasteiger partial charge in [0.25, 0.3) is 5.91 Å². The molecule has 1 N–H and O–H groups in total. The quantitative estimate of drug-likeness (QED) is 0.717. The lowest BCUT2D eigenvalue weighted by Gasteiger charge is -2.17. The maximum atomic E-state index is 12.2. The molecule has 0 spiro atoms. The molecule has 0 heterocycles. The van der Waals surface area contributed by atoms with E-state index in [2.05, 4.69) is 5.32 Å². The minimum absolute atomic E-state index is 0.109. The van der Waals surface area contributed by atoms with Gasteiger partial charge in [-0.2, -0.15) is 0 Å². The summed E-state index contributed by atoms with van der Waals surface area (Å²) < 4.78 is 11.3. The van der Waals surface area contributed by atoms with Gasteiger partial charge in [0.1, 0.15) is 5.75 Å². The van der Waals surface area contributed by atoms with E-state index in [1.54, 1.807) is 0 Å². The summed E-state index contributed by atoms with van der Waals surface area (Å²) in [6, 6.07) is 17.7. The normalized spacial score (nSPS) is 11.8. The molecule has 0 aromatic heterocycles. The molecular weight excluding hydrogens is 302 g/mol. The van der Waals surface area contributed by atoms with Crippen LogP contribution in [0.2, 0.25) is 0 Å². The number of carbonyl (C=O) groups excluding carboxylic acids is 1. The van der Waals surface area contributed by atoms with Crippen LogP contribution in [0.3, 0.4) is 0 Å². The van der Waals surface area contributed by atoms with Crippen LogP contribution in [-0.2, 0) is 16.1 Å². The Labute approximate surface area is 143 Å². The second-order valence-corrected chi connectivity index (χ2v) is 5.66. The van der Waals surface area contributed by atoms with Crippen molar-refractivity contribution < 1.29 is 14.3 Å². The van der Waals surface area contributed by atoms with Crippen LogP contribution < -0.4 is 10.1 Å². The highest BCUT2D eigenvalue weighted by Crippen LogP contribution is 2.15. The Morgan fingerprint density at radius 1 is 1.12 bits per heavy atom. The number of aryl methyl sites for hydroxylation is 1. The minimum Gasteiger partial charge on any atom is -0.481 e. The van der Waals surface area contributed by atoms with Crippen LogP contribution >= 0.6 is 0 Å². The van der Waals surface area contributed by atoms with Crippen LogP contribution in [0.1, 0.15) is 24.5 Å². The Bertz CT molecular complexity index is 628. The number of hydrogen-bond donors (Lipinski definition) is 1. The lowest BCUT2D eigenvalue weighted by molar-refractivity contribution is -0.128. The van der Waals surface area contributed by atoms with Crippen LogP contribution in [-0.4, -0.2) is 25.2 Å². The number of nitrogens with one attached hydrogen (secondary N) is 1. The zero-order chi connectivity index (χ0) is 17.2. The summed E-state index contributed by atoms with van der Waals surface area (Å²) in [5.41, 5.74) is 2.23. The molecule has 128 valence electrons. The third kappa shape index (κ3) is 6.05. The van der Waals surface area contributed by atoms with Crippen LogP contribution in [0.15, 0.2) is 54.6 Å². The lowest BCUT2D eigenvalue weighted by Crippen LogP contribution is -2.39. The molecule has 2 rings (SSSR count). The average molecular weight is 327 g/mol. The third-order valence-corrected chi connectivity index (χ3v) is 3.59. The van der Waals surface area contributed by atoms with Gasteiger partial charge in [0.2, 0.25) is 0 Å². The monoisotopic (exact) mass is 327 g/mol.